The second-order valence-electron chi connectivity index (χ2n) is 7.98. The van der Waals surface area contributed by atoms with Crippen LogP contribution in [0, 0.1) is 0 Å². The topological polar surface area (TPSA) is 125 Å². The van der Waals surface area contributed by atoms with Crippen LogP contribution in [0.1, 0.15) is 0 Å². The predicted octanol–water partition coefficient (Wildman–Crippen LogP) is 3.21. The quantitative estimate of drug-likeness (QED) is 0.345. The van der Waals surface area contributed by atoms with Gasteiger partial charge in [0, 0.05) is 31.2 Å². The number of alkyl halides is 3. The van der Waals surface area contributed by atoms with Gasteiger partial charge in [-0.05, 0) is 36.4 Å². The fourth-order valence-electron chi connectivity index (χ4n) is 3.83. The van der Waals surface area contributed by atoms with Crippen molar-refractivity contribution in [2.45, 2.75) is 6.18 Å². The number of para-hydroxylation sites is 1. The molecule has 1 aliphatic heterocycles. The summed E-state index contributed by atoms with van der Waals surface area (Å²) in [7, 11) is 0. The molecule has 1 saturated heterocycles. The van der Waals surface area contributed by atoms with Gasteiger partial charge in [0.25, 0.3) is 5.56 Å². The number of aliphatic carboxylic acids is 1. The van der Waals surface area contributed by atoms with Crippen molar-refractivity contribution < 1.29 is 23.1 Å². The minimum atomic E-state index is -5.08. The van der Waals surface area contributed by atoms with E-state index in [-0.39, 0.29) is 11.2 Å². The number of nitrogens with zero attached hydrogens (tertiary/aromatic N) is 4. The molecule has 38 heavy (non-hydrogen) atoms. The van der Waals surface area contributed by atoms with E-state index in [0.29, 0.717) is 40.5 Å². The van der Waals surface area contributed by atoms with Crippen LogP contribution in [0.15, 0.2) is 58.1 Å². The monoisotopic (exact) mass is 570 g/mol. The zero-order chi connectivity index (χ0) is 27.6. The van der Waals surface area contributed by atoms with E-state index in [1.165, 1.54) is 4.57 Å². The number of rotatable bonds is 3. The van der Waals surface area contributed by atoms with Crippen molar-refractivity contribution in [3.63, 3.8) is 0 Å². The Hall–Kier alpha value is -3.81. The highest BCUT2D eigenvalue weighted by atomic mass is 35.5. The maximum absolute atomic E-state index is 13.0. The molecule has 0 bridgehead atoms. The van der Waals surface area contributed by atoms with Crippen molar-refractivity contribution in [1.29, 1.82) is 0 Å². The second-order valence-corrected chi connectivity index (χ2v) is 8.83. The van der Waals surface area contributed by atoms with Crippen LogP contribution < -0.4 is 21.5 Å². The Bertz CT molecular complexity index is 1590. The molecule has 0 saturated carbocycles. The molecule has 0 atom stereocenters. The summed E-state index contributed by atoms with van der Waals surface area (Å²) in [6.45, 7) is 2.98. The number of aromatic amines is 1. The first-order valence-electron chi connectivity index (χ1n) is 11.0. The Labute approximate surface area is 221 Å². The van der Waals surface area contributed by atoms with Gasteiger partial charge in [0.15, 0.2) is 11.2 Å². The van der Waals surface area contributed by atoms with Crippen LogP contribution in [0.25, 0.3) is 22.5 Å². The minimum Gasteiger partial charge on any atom is -0.475 e. The summed E-state index contributed by atoms with van der Waals surface area (Å²) in [5.41, 5.74) is 0.563. The van der Waals surface area contributed by atoms with Crippen molar-refractivity contribution in [2.24, 2.45) is 0 Å². The Balaban J connectivity index is 0.000000426. The third-order valence-electron chi connectivity index (χ3n) is 5.51. The lowest BCUT2D eigenvalue weighted by atomic mass is 10.3. The van der Waals surface area contributed by atoms with Gasteiger partial charge in [-0.3, -0.25) is 14.3 Å². The summed E-state index contributed by atoms with van der Waals surface area (Å²) in [6.07, 6.45) is -5.08. The number of halogens is 5. The largest absolute Gasteiger partial charge is 0.490 e. The van der Waals surface area contributed by atoms with Gasteiger partial charge in [-0.25, -0.2) is 14.2 Å². The number of imidazole rings is 1. The molecular weight excluding hydrogens is 552 g/mol. The van der Waals surface area contributed by atoms with Crippen molar-refractivity contribution in [3.05, 3.63) is 79.4 Å². The Kier molecular flexibility index (Phi) is 7.81. The van der Waals surface area contributed by atoms with Crippen molar-refractivity contribution in [2.75, 3.05) is 31.1 Å². The fourth-order valence-corrected chi connectivity index (χ4v) is 4.18. The van der Waals surface area contributed by atoms with Gasteiger partial charge in [-0.1, -0.05) is 35.3 Å². The highest BCUT2D eigenvalue weighted by Gasteiger charge is 2.38. The number of aromatic nitrogens is 4. The Morgan fingerprint density at radius 2 is 1.58 bits per heavy atom. The molecule has 0 aliphatic carbocycles. The first-order valence-corrected chi connectivity index (χ1v) is 11.8. The predicted molar refractivity (Wildman–Crippen MR) is 136 cm³/mol. The van der Waals surface area contributed by atoms with Crippen LogP contribution >= 0.6 is 23.2 Å². The normalized spacial score (nSPS) is 13.8. The number of nitrogens with one attached hydrogen (secondary N) is 2. The molecule has 1 fully saturated rings. The average Bonchev–Trinajstić information content (AvgIpc) is 3.26. The first kappa shape index (κ1) is 27.2. The number of carboxylic acid groups (broad SMARTS) is 1. The average molecular weight is 571 g/mol. The number of hydrogen-bond acceptors (Lipinski definition) is 6. The third-order valence-corrected chi connectivity index (χ3v) is 6.08. The first-order chi connectivity index (χ1) is 18.0. The summed E-state index contributed by atoms with van der Waals surface area (Å²) in [6, 6.07) is 14.0. The SMILES string of the molecule is O=C(O)C(F)(F)F.O=c1[nH]c(=O)n(-c2ccc(Cl)cc2)c2nc(N3CCNCC3)n(-c3ccccc3Cl)c12. The zero-order valence-corrected chi connectivity index (χ0v) is 20.8. The molecule has 10 nitrogen and oxygen atoms in total. The maximum Gasteiger partial charge on any atom is 0.490 e. The van der Waals surface area contributed by atoms with E-state index in [1.807, 2.05) is 18.2 Å². The lowest BCUT2D eigenvalue weighted by Crippen LogP contribution is -2.44. The molecule has 4 aromatic rings. The van der Waals surface area contributed by atoms with Crippen molar-refractivity contribution >= 4 is 46.3 Å². The molecule has 0 radical (unpaired) electrons. The van der Waals surface area contributed by atoms with Gasteiger partial charge in [0.1, 0.15) is 0 Å². The fraction of sp³-hybridized carbons (Fsp3) is 0.217. The van der Waals surface area contributed by atoms with Gasteiger partial charge in [0.2, 0.25) is 5.95 Å². The molecule has 5 rings (SSSR count). The Morgan fingerprint density at radius 1 is 0.974 bits per heavy atom. The third kappa shape index (κ3) is 5.54. The molecule has 15 heteroatoms. The summed E-state index contributed by atoms with van der Waals surface area (Å²) in [5, 5.41) is 11.5. The van der Waals surface area contributed by atoms with Gasteiger partial charge in [-0.15, -0.1) is 0 Å². The zero-order valence-electron chi connectivity index (χ0n) is 19.3. The van der Waals surface area contributed by atoms with Gasteiger partial charge >= 0.3 is 17.8 Å². The Morgan fingerprint density at radius 3 is 2.16 bits per heavy atom. The molecule has 3 N–H and O–H groups in total. The molecule has 2 aromatic carbocycles. The molecule has 2 aromatic heterocycles. The van der Waals surface area contributed by atoms with E-state index in [9.17, 15) is 22.8 Å². The van der Waals surface area contributed by atoms with Gasteiger partial charge in [0.05, 0.1) is 16.4 Å². The summed E-state index contributed by atoms with van der Waals surface area (Å²) < 4.78 is 34.8. The van der Waals surface area contributed by atoms with Crippen LogP contribution in [-0.4, -0.2) is 62.5 Å². The molecule has 0 unspecified atom stereocenters. The number of H-pyrrole nitrogens is 1. The minimum absolute atomic E-state index is 0.246. The number of anilines is 1. The van der Waals surface area contributed by atoms with Crippen LogP contribution in [0.4, 0.5) is 19.1 Å². The molecule has 1 aliphatic rings. The summed E-state index contributed by atoms with van der Waals surface area (Å²) >= 11 is 12.5. The van der Waals surface area contributed by atoms with E-state index in [4.69, 9.17) is 38.1 Å². The molecule has 0 spiro atoms. The standard InChI is InChI=1S/C21H18Cl2N6O2.C2HF3O2/c22-13-5-7-14(8-6-13)28-18-17(19(30)26-21(28)31)29(16-4-2-1-3-15(16)23)20(25-18)27-11-9-24-10-12-27;3-2(4,5)1(6)7/h1-8,24H,9-12H2,(H,26,30,31);(H,6,7). The number of carbonyl (C=O) groups is 1. The van der Waals surface area contributed by atoms with Crippen LogP contribution in [0.5, 0.6) is 0 Å². The van der Waals surface area contributed by atoms with Crippen LogP contribution in [0.2, 0.25) is 10.0 Å². The maximum atomic E-state index is 13.0. The lowest BCUT2D eigenvalue weighted by Gasteiger charge is -2.28. The second kappa shape index (κ2) is 10.9. The van der Waals surface area contributed by atoms with E-state index in [2.05, 4.69) is 15.2 Å². The highest BCUT2D eigenvalue weighted by molar-refractivity contribution is 6.32. The number of carboxylic acids is 1. The molecular formula is C23H19Cl2F3N6O4. The van der Waals surface area contributed by atoms with E-state index in [1.54, 1.807) is 34.9 Å². The number of fused-ring (bicyclic) bond motifs is 1. The van der Waals surface area contributed by atoms with E-state index in [0.717, 1.165) is 13.1 Å². The van der Waals surface area contributed by atoms with Gasteiger partial charge in [-0.2, -0.15) is 18.2 Å². The van der Waals surface area contributed by atoms with E-state index >= 15 is 0 Å². The van der Waals surface area contributed by atoms with E-state index < -0.39 is 23.4 Å². The number of benzene rings is 2. The summed E-state index contributed by atoms with van der Waals surface area (Å²) in [5.74, 6) is -2.20. The van der Waals surface area contributed by atoms with Crippen LogP contribution in [0.3, 0.4) is 0 Å². The summed E-state index contributed by atoms with van der Waals surface area (Å²) in [4.78, 5) is 44.0. The van der Waals surface area contributed by atoms with Crippen molar-refractivity contribution in [1.82, 2.24) is 24.4 Å². The van der Waals surface area contributed by atoms with Crippen LogP contribution in [-0.2, 0) is 4.79 Å². The molecule has 200 valence electrons. The van der Waals surface area contributed by atoms with Crippen molar-refractivity contribution in [3.8, 4) is 11.4 Å². The number of hydrogen-bond donors (Lipinski definition) is 3. The van der Waals surface area contributed by atoms with Gasteiger partial charge < -0.3 is 15.3 Å². The smallest absolute Gasteiger partial charge is 0.475 e. The lowest BCUT2D eigenvalue weighted by molar-refractivity contribution is -0.192. The molecule has 3 heterocycles. The highest BCUT2D eigenvalue weighted by Crippen LogP contribution is 2.30. The molecule has 0 amide bonds. The number of piperazine rings is 1.